The molecule has 1 aromatic heterocycles. The minimum absolute atomic E-state index is 0.319. The van der Waals surface area contributed by atoms with Gasteiger partial charge in [-0.25, -0.2) is 0 Å². The Morgan fingerprint density at radius 1 is 1.24 bits per heavy atom. The maximum Gasteiger partial charge on any atom is 0.0359 e. The lowest BCUT2D eigenvalue weighted by Crippen LogP contribution is -2.07. The Bertz CT molecular complexity index is 472. The van der Waals surface area contributed by atoms with Crippen molar-refractivity contribution in [2.24, 2.45) is 5.92 Å². The van der Waals surface area contributed by atoms with E-state index in [0.29, 0.717) is 11.3 Å². The summed E-state index contributed by atoms with van der Waals surface area (Å²) in [4.78, 5) is 0. The number of alkyl halides is 1. The van der Waals surface area contributed by atoms with E-state index in [-0.39, 0.29) is 0 Å². The zero-order chi connectivity index (χ0) is 12.3. The van der Waals surface area contributed by atoms with Gasteiger partial charge in [0.15, 0.2) is 0 Å². The molecular weight excluding hydrogens is 248 g/mol. The molecule has 1 unspecified atom stereocenters. The summed E-state index contributed by atoms with van der Waals surface area (Å²) in [6.07, 6.45) is 3.45. The second-order valence-electron chi connectivity index (χ2n) is 4.91. The topological polar surface area (TPSA) is 0 Å². The molecule has 1 aromatic carbocycles. The quantitative estimate of drug-likeness (QED) is 0.628. The van der Waals surface area contributed by atoms with Crippen molar-refractivity contribution in [3.05, 3.63) is 35.2 Å². The molecule has 0 aliphatic rings. The molecule has 0 nitrogen and oxygen atoms in total. The van der Waals surface area contributed by atoms with E-state index in [0.717, 1.165) is 12.8 Å². The molecule has 0 saturated carbocycles. The first-order chi connectivity index (χ1) is 8.18. The number of fused-ring (bicyclic) bond motifs is 1. The summed E-state index contributed by atoms with van der Waals surface area (Å²) in [6.45, 7) is 4.38. The van der Waals surface area contributed by atoms with Crippen molar-refractivity contribution in [3.63, 3.8) is 0 Å². The molecule has 2 aromatic rings. The first-order valence-corrected chi connectivity index (χ1v) is 7.59. The van der Waals surface area contributed by atoms with Crippen molar-refractivity contribution in [1.82, 2.24) is 0 Å². The smallest absolute Gasteiger partial charge is 0.0359 e. The summed E-state index contributed by atoms with van der Waals surface area (Å²) in [5, 5.41) is 4.04. The molecule has 1 heterocycles. The van der Waals surface area contributed by atoms with E-state index in [2.05, 4.69) is 43.5 Å². The first-order valence-electron chi connectivity index (χ1n) is 6.27. The van der Waals surface area contributed by atoms with E-state index in [1.165, 1.54) is 22.1 Å². The molecular formula is C15H19ClS. The van der Waals surface area contributed by atoms with Crippen molar-refractivity contribution >= 4 is 33.0 Å². The maximum atomic E-state index is 6.28. The molecule has 0 bridgehead atoms. The van der Waals surface area contributed by atoms with Crippen LogP contribution in [0.15, 0.2) is 29.6 Å². The van der Waals surface area contributed by atoms with Gasteiger partial charge < -0.3 is 0 Å². The lowest BCUT2D eigenvalue weighted by Gasteiger charge is -2.12. The largest absolute Gasteiger partial charge is 0.144 e. The predicted octanol–water partition coefficient (Wildman–Crippen LogP) is 5.49. The summed E-state index contributed by atoms with van der Waals surface area (Å²) in [6, 6.07) is 8.65. The fourth-order valence-corrected chi connectivity index (χ4v) is 3.20. The predicted molar refractivity (Wildman–Crippen MR) is 79.2 cm³/mol. The molecule has 1 atom stereocenters. The van der Waals surface area contributed by atoms with Crippen LogP contribution in [0.1, 0.15) is 32.3 Å². The molecule has 2 heteroatoms. The number of hydrogen-bond donors (Lipinski definition) is 0. The van der Waals surface area contributed by atoms with Gasteiger partial charge in [-0.15, -0.1) is 22.9 Å². The van der Waals surface area contributed by atoms with Crippen molar-refractivity contribution in [2.75, 3.05) is 0 Å². The summed E-state index contributed by atoms with van der Waals surface area (Å²) in [5.74, 6) is 0.580. The lowest BCUT2D eigenvalue weighted by molar-refractivity contribution is 0.548. The Hall–Kier alpha value is -0.530. The van der Waals surface area contributed by atoms with Gasteiger partial charge in [-0.2, -0.15) is 0 Å². The van der Waals surface area contributed by atoms with Crippen LogP contribution in [0.25, 0.3) is 10.1 Å². The third kappa shape index (κ3) is 3.23. The van der Waals surface area contributed by atoms with E-state index >= 15 is 0 Å². The molecule has 92 valence electrons. The zero-order valence-corrected chi connectivity index (χ0v) is 12.0. The minimum Gasteiger partial charge on any atom is -0.144 e. The van der Waals surface area contributed by atoms with Gasteiger partial charge in [0.05, 0.1) is 0 Å². The lowest BCUT2D eigenvalue weighted by atomic mass is 10.0. The highest BCUT2D eigenvalue weighted by molar-refractivity contribution is 7.17. The third-order valence-electron chi connectivity index (χ3n) is 3.21. The molecule has 0 saturated heterocycles. The second-order valence-corrected chi connectivity index (χ2v) is 6.38. The van der Waals surface area contributed by atoms with Crippen LogP contribution >= 0.6 is 22.9 Å². The number of rotatable bonds is 5. The fraction of sp³-hybridized carbons (Fsp3) is 0.467. The van der Waals surface area contributed by atoms with Crippen LogP contribution in [0.5, 0.6) is 0 Å². The van der Waals surface area contributed by atoms with Crippen LogP contribution in [-0.4, -0.2) is 5.38 Å². The Balaban J connectivity index is 1.95. The Morgan fingerprint density at radius 2 is 2.00 bits per heavy atom. The average Bonchev–Trinajstić information content (AvgIpc) is 2.72. The molecule has 0 radical (unpaired) electrons. The van der Waals surface area contributed by atoms with E-state index in [4.69, 9.17) is 11.6 Å². The van der Waals surface area contributed by atoms with E-state index in [1.54, 1.807) is 0 Å². The highest BCUT2D eigenvalue weighted by atomic mass is 35.5. The van der Waals surface area contributed by atoms with E-state index in [1.807, 2.05) is 11.3 Å². The zero-order valence-electron chi connectivity index (χ0n) is 10.4. The SMILES string of the molecule is CC(C)C(Cl)CCCc1csc2ccccc12. The fourth-order valence-electron chi connectivity index (χ4n) is 2.05. The van der Waals surface area contributed by atoms with Crippen molar-refractivity contribution in [2.45, 2.75) is 38.5 Å². The number of benzene rings is 1. The van der Waals surface area contributed by atoms with Gasteiger partial charge in [0.25, 0.3) is 0 Å². The van der Waals surface area contributed by atoms with Crippen molar-refractivity contribution in [3.8, 4) is 0 Å². The second kappa shape index (κ2) is 5.88. The Kier molecular flexibility index (Phi) is 4.47. The van der Waals surface area contributed by atoms with Crippen molar-refractivity contribution < 1.29 is 0 Å². The molecule has 0 spiro atoms. The van der Waals surface area contributed by atoms with E-state index in [9.17, 15) is 0 Å². The highest BCUT2D eigenvalue weighted by Gasteiger charge is 2.10. The number of aryl methyl sites for hydroxylation is 1. The third-order valence-corrected chi connectivity index (χ3v) is 4.95. The molecule has 0 fully saturated rings. The molecule has 0 N–H and O–H groups in total. The highest BCUT2D eigenvalue weighted by Crippen LogP contribution is 2.27. The van der Waals surface area contributed by atoms with Gasteiger partial charge in [0.1, 0.15) is 0 Å². The molecule has 17 heavy (non-hydrogen) atoms. The van der Waals surface area contributed by atoms with Gasteiger partial charge in [-0.1, -0.05) is 32.0 Å². The number of hydrogen-bond acceptors (Lipinski definition) is 1. The monoisotopic (exact) mass is 266 g/mol. The molecule has 0 aliphatic carbocycles. The average molecular weight is 267 g/mol. The summed E-state index contributed by atoms with van der Waals surface area (Å²) in [7, 11) is 0. The van der Waals surface area contributed by atoms with Gasteiger partial charge in [-0.05, 0) is 47.6 Å². The Labute approximate surface area is 113 Å². The normalized spacial score (nSPS) is 13.4. The standard InChI is InChI=1S/C15H19ClS/c1-11(2)14(16)8-5-6-12-10-17-15-9-4-3-7-13(12)15/h3-4,7,9-11,14H,5-6,8H2,1-2H3. The van der Waals surface area contributed by atoms with Crippen LogP contribution in [-0.2, 0) is 6.42 Å². The van der Waals surface area contributed by atoms with Gasteiger partial charge in [-0.3, -0.25) is 0 Å². The first kappa shape index (κ1) is 12.9. The van der Waals surface area contributed by atoms with Gasteiger partial charge in [0.2, 0.25) is 0 Å². The summed E-state index contributed by atoms with van der Waals surface area (Å²) >= 11 is 8.12. The number of thiophene rings is 1. The van der Waals surface area contributed by atoms with Gasteiger partial charge in [0, 0.05) is 10.1 Å². The number of halogens is 1. The van der Waals surface area contributed by atoms with Crippen LogP contribution in [0.2, 0.25) is 0 Å². The van der Waals surface area contributed by atoms with E-state index < -0.39 is 0 Å². The Morgan fingerprint density at radius 3 is 2.76 bits per heavy atom. The van der Waals surface area contributed by atoms with Crippen LogP contribution in [0, 0.1) is 5.92 Å². The summed E-state index contributed by atoms with van der Waals surface area (Å²) in [5.41, 5.74) is 1.48. The van der Waals surface area contributed by atoms with Crippen LogP contribution in [0.4, 0.5) is 0 Å². The molecule has 2 rings (SSSR count). The van der Waals surface area contributed by atoms with Crippen molar-refractivity contribution in [1.29, 1.82) is 0 Å². The minimum atomic E-state index is 0.319. The summed E-state index contributed by atoms with van der Waals surface area (Å²) < 4.78 is 1.40. The molecule has 0 aliphatic heterocycles. The van der Waals surface area contributed by atoms with Crippen LogP contribution < -0.4 is 0 Å². The molecule has 0 amide bonds. The maximum absolute atomic E-state index is 6.28. The van der Waals surface area contributed by atoms with Gasteiger partial charge >= 0.3 is 0 Å². The van der Waals surface area contributed by atoms with Crippen LogP contribution in [0.3, 0.4) is 0 Å².